The lowest BCUT2D eigenvalue weighted by atomic mass is 10.1. The van der Waals surface area contributed by atoms with Crippen molar-refractivity contribution in [3.05, 3.63) is 58.0 Å². The van der Waals surface area contributed by atoms with Gasteiger partial charge in [-0.2, -0.15) is 5.10 Å². The lowest BCUT2D eigenvalue weighted by Gasteiger charge is -2.08. The maximum absolute atomic E-state index is 12.9. The van der Waals surface area contributed by atoms with Crippen molar-refractivity contribution in [3.8, 4) is 5.69 Å². The molecule has 27 heavy (non-hydrogen) atoms. The molecular weight excluding hydrogens is 344 g/mol. The number of hydrogen-bond acceptors (Lipinski definition) is 6. The minimum Gasteiger partial charge on any atom is -0.291 e. The summed E-state index contributed by atoms with van der Waals surface area (Å²) in [7, 11) is 0. The lowest BCUT2D eigenvalue weighted by molar-refractivity contribution is 0.540. The molecule has 1 aromatic carbocycles. The largest absolute Gasteiger partial charge is 0.291 e. The number of fused-ring (bicyclic) bond motifs is 1. The molecule has 0 saturated carbocycles. The normalized spacial score (nSPS) is 11.4. The van der Waals surface area contributed by atoms with Gasteiger partial charge >= 0.3 is 0 Å². The minimum absolute atomic E-state index is 0.165. The zero-order chi connectivity index (χ0) is 19.0. The molecule has 0 aliphatic carbocycles. The standard InChI is InChI=1S/C18H20N8O/c1-4-5-25-16(21-22-23-25)10-24-11-19-17-15(18(24)27)9-20-26(17)14-7-12(2)6-13(3)8-14/h6-9,11H,4-5,10H2,1-3H3. The van der Waals surface area contributed by atoms with Crippen LogP contribution in [0.4, 0.5) is 0 Å². The van der Waals surface area contributed by atoms with Gasteiger partial charge in [0.05, 0.1) is 18.4 Å². The Balaban J connectivity index is 1.76. The summed E-state index contributed by atoms with van der Waals surface area (Å²) in [6, 6.07) is 6.13. The molecule has 0 aliphatic heterocycles. The van der Waals surface area contributed by atoms with Crippen LogP contribution in [0.15, 0.2) is 35.5 Å². The maximum atomic E-state index is 12.9. The Morgan fingerprint density at radius 1 is 1.11 bits per heavy atom. The van der Waals surface area contributed by atoms with Gasteiger partial charge in [0.25, 0.3) is 5.56 Å². The zero-order valence-corrected chi connectivity index (χ0v) is 15.5. The molecule has 0 bridgehead atoms. The van der Waals surface area contributed by atoms with Crippen LogP contribution in [0.1, 0.15) is 30.3 Å². The molecule has 0 N–H and O–H groups in total. The van der Waals surface area contributed by atoms with Crippen molar-refractivity contribution < 1.29 is 0 Å². The Kier molecular flexibility index (Phi) is 4.27. The summed E-state index contributed by atoms with van der Waals surface area (Å²) in [6.45, 7) is 7.08. The van der Waals surface area contributed by atoms with Crippen molar-refractivity contribution in [1.29, 1.82) is 0 Å². The van der Waals surface area contributed by atoms with Crippen molar-refractivity contribution in [2.45, 2.75) is 40.3 Å². The van der Waals surface area contributed by atoms with Gasteiger partial charge in [-0.05, 0) is 54.0 Å². The SMILES string of the molecule is CCCn1nnnc1Cn1cnc2c(cnn2-c2cc(C)cc(C)c2)c1=O. The molecule has 3 aromatic heterocycles. The summed E-state index contributed by atoms with van der Waals surface area (Å²) >= 11 is 0. The summed E-state index contributed by atoms with van der Waals surface area (Å²) in [5.74, 6) is 0.627. The number of hydrogen-bond donors (Lipinski definition) is 0. The summed E-state index contributed by atoms with van der Waals surface area (Å²) in [6.07, 6.45) is 4.00. The van der Waals surface area contributed by atoms with Gasteiger partial charge in [-0.3, -0.25) is 9.36 Å². The van der Waals surface area contributed by atoms with Gasteiger partial charge in [-0.15, -0.1) is 5.10 Å². The van der Waals surface area contributed by atoms with Gasteiger partial charge in [0, 0.05) is 6.54 Å². The first-order valence-corrected chi connectivity index (χ1v) is 8.83. The molecule has 9 nitrogen and oxygen atoms in total. The van der Waals surface area contributed by atoms with E-state index in [4.69, 9.17) is 0 Å². The smallest absolute Gasteiger partial charge is 0.264 e. The highest BCUT2D eigenvalue weighted by Gasteiger charge is 2.14. The number of nitrogens with zero attached hydrogens (tertiary/aromatic N) is 8. The molecule has 3 heterocycles. The van der Waals surface area contributed by atoms with E-state index in [1.54, 1.807) is 15.6 Å². The van der Waals surface area contributed by atoms with Crippen molar-refractivity contribution in [2.75, 3.05) is 0 Å². The highest BCUT2D eigenvalue weighted by atomic mass is 16.1. The summed E-state index contributed by atoms with van der Waals surface area (Å²) in [4.78, 5) is 17.4. The number of aryl methyl sites for hydroxylation is 3. The molecule has 9 heteroatoms. The van der Waals surface area contributed by atoms with E-state index in [9.17, 15) is 4.79 Å². The van der Waals surface area contributed by atoms with Gasteiger partial charge in [-0.25, -0.2) is 14.3 Å². The molecule has 4 rings (SSSR count). The second-order valence-corrected chi connectivity index (χ2v) is 6.64. The number of rotatable bonds is 5. The van der Waals surface area contributed by atoms with Crippen LogP contribution in [0.25, 0.3) is 16.7 Å². The average molecular weight is 364 g/mol. The van der Waals surface area contributed by atoms with Gasteiger partial charge in [-0.1, -0.05) is 13.0 Å². The number of tetrazole rings is 1. The van der Waals surface area contributed by atoms with Crippen LogP contribution < -0.4 is 5.56 Å². The van der Waals surface area contributed by atoms with Gasteiger partial charge < -0.3 is 0 Å². The Hall–Kier alpha value is -3.36. The molecule has 0 radical (unpaired) electrons. The monoisotopic (exact) mass is 364 g/mol. The predicted molar refractivity (Wildman–Crippen MR) is 99.8 cm³/mol. The van der Waals surface area contributed by atoms with Crippen molar-refractivity contribution in [3.63, 3.8) is 0 Å². The van der Waals surface area contributed by atoms with Gasteiger partial charge in [0.2, 0.25) is 0 Å². The number of aromatic nitrogens is 8. The van der Waals surface area contributed by atoms with Crippen molar-refractivity contribution >= 4 is 11.0 Å². The van der Waals surface area contributed by atoms with Crippen LogP contribution in [0.5, 0.6) is 0 Å². The van der Waals surface area contributed by atoms with Crippen LogP contribution in [-0.2, 0) is 13.1 Å². The third-order valence-electron chi connectivity index (χ3n) is 4.36. The fourth-order valence-electron chi connectivity index (χ4n) is 3.20. The van der Waals surface area contributed by atoms with Crippen LogP contribution in [0, 0.1) is 13.8 Å². The molecule has 138 valence electrons. The summed E-state index contributed by atoms with van der Waals surface area (Å²) < 4.78 is 4.91. The third kappa shape index (κ3) is 3.12. The Morgan fingerprint density at radius 3 is 2.63 bits per heavy atom. The molecule has 0 saturated heterocycles. The van der Waals surface area contributed by atoms with E-state index < -0.39 is 0 Å². The van der Waals surface area contributed by atoms with Gasteiger partial charge in [0.15, 0.2) is 11.5 Å². The quantitative estimate of drug-likeness (QED) is 0.534. The average Bonchev–Trinajstić information content (AvgIpc) is 3.24. The van der Waals surface area contributed by atoms with E-state index in [0.29, 0.717) is 23.4 Å². The fourth-order valence-corrected chi connectivity index (χ4v) is 3.20. The molecule has 0 fully saturated rings. The van der Waals surface area contributed by atoms with Crippen molar-refractivity contribution in [2.24, 2.45) is 0 Å². The van der Waals surface area contributed by atoms with E-state index in [1.807, 2.05) is 32.9 Å². The first kappa shape index (κ1) is 17.1. The number of benzene rings is 1. The highest BCUT2D eigenvalue weighted by Crippen LogP contribution is 2.17. The van der Waals surface area contributed by atoms with E-state index in [1.165, 1.54) is 10.9 Å². The Bertz CT molecular complexity index is 1150. The van der Waals surface area contributed by atoms with Crippen molar-refractivity contribution in [1.82, 2.24) is 39.5 Å². The summed E-state index contributed by atoms with van der Waals surface area (Å²) in [5.41, 5.74) is 3.52. The fraction of sp³-hybridized carbons (Fsp3) is 0.333. The van der Waals surface area contributed by atoms with E-state index >= 15 is 0 Å². The molecule has 0 amide bonds. The van der Waals surface area contributed by atoms with Crippen LogP contribution in [-0.4, -0.2) is 39.5 Å². The zero-order valence-electron chi connectivity index (χ0n) is 15.5. The Morgan fingerprint density at radius 2 is 1.89 bits per heavy atom. The van der Waals surface area contributed by atoms with Crippen LogP contribution >= 0.6 is 0 Å². The Labute approximate surface area is 155 Å². The van der Waals surface area contributed by atoms with E-state index in [-0.39, 0.29) is 12.1 Å². The maximum Gasteiger partial charge on any atom is 0.264 e. The molecule has 4 aromatic rings. The van der Waals surface area contributed by atoms with Gasteiger partial charge in [0.1, 0.15) is 11.7 Å². The second kappa shape index (κ2) is 6.75. The predicted octanol–water partition coefficient (Wildman–Crippen LogP) is 1.64. The lowest BCUT2D eigenvalue weighted by Crippen LogP contribution is -2.23. The van der Waals surface area contributed by atoms with Crippen LogP contribution in [0.2, 0.25) is 0 Å². The first-order valence-electron chi connectivity index (χ1n) is 8.83. The molecule has 0 aliphatic rings. The summed E-state index contributed by atoms with van der Waals surface area (Å²) in [5, 5.41) is 16.5. The minimum atomic E-state index is -0.165. The van der Waals surface area contributed by atoms with E-state index in [2.05, 4.69) is 31.7 Å². The molecule has 0 unspecified atom stereocenters. The molecular formula is C18H20N8O. The van der Waals surface area contributed by atoms with Crippen LogP contribution in [0.3, 0.4) is 0 Å². The molecule has 0 spiro atoms. The topological polar surface area (TPSA) is 96.3 Å². The third-order valence-corrected chi connectivity index (χ3v) is 4.36. The molecule has 0 atom stereocenters. The highest BCUT2D eigenvalue weighted by molar-refractivity contribution is 5.75. The van der Waals surface area contributed by atoms with E-state index in [0.717, 1.165) is 23.2 Å². The first-order chi connectivity index (χ1) is 13.1. The second-order valence-electron chi connectivity index (χ2n) is 6.64.